The third-order valence-electron chi connectivity index (χ3n) is 4.63. The molecule has 3 heterocycles. The summed E-state index contributed by atoms with van der Waals surface area (Å²) in [4.78, 5) is 13.0. The molecule has 1 aliphatic heterocycles. The van der Waals surface area contributed by atoms with Crippen LogP contribution in [-0.4, -0.2) is 15.7 Å². The number of benzene rings is 1. The molecule has 3 nitrogen and oxygen atoms in total. The number of aliphatic imine (C=N–C) groups is 1. The third kappa shape index (κ3) is 2.62. The van der Waals surface area contributed by atoms with E-state index in [-0.39, 0.29) is 0 Å². The summed E-state index contributed by atoms with van der Waals surface area (Å²) in [6, 6.07) is 12.6. The lowest BCUT2D eigenvalue weighted by molar-refractivity contribution is 1.21. The van der Waals surface area contributed by atoms with E-state index in [0.717, 1.165) is 44.8 Å². The highest BCUT2D eigenvalue weighted by Crippen LogP contribution is 2.37. The lowest BCUT2D eigenvalue weighted by Crippen LogP contribution is -1.98. The molecule has 3 aromatic rings. The Morgan fingerprint density at radius 3 is 2.48 bits per heavy atom. The average Bonchev–Trinajstić information content (AvgIpc) is 3.09. The minimum Gasteiger partial charge on any atom is -0.358 e. The van der Waals surface area contributed by atoms with Gasteiger partial charge in [0.25, 0.3) is 0 Å². The molecule has 0 spiro atoms. The van der Waals surface area contributed by atoms with Crippen molar-refractivity contribution in [2.75, 3.05) is 0 Å². The zero-order valence-electron chi connectivity index (χ0n) is 15.0. The molecule has 0 bridgehead atoms. The fourth-order valence-electron chi connectivity index (χ4n) is 3.61. The molecule has 0 fully saturated rings. The number of hydrogen-bond acceptors (Lipinski definition) is 2. The van der Waals surface area contributed by atoms with Crippen LogP contribution in [0.3, 0.4) is 0 Å². The van der Waals surface area contributed by atoms with Gasteiger partial charge in [0.1, 0.15) is 0 Å². The molecule has 124 valence electrons. The average molecular weight is 327 g/mol. The van der Waals surface area contributed by atoms with Crippen molar-refractivity contribution in [3.05, 3.63) is 82.5 Å². The third-order valence-corrected chi connectivity index (χ3v) is 4.63. The number of para-hydroxylation sites is 1. The van der Waals surface area contributed by atoms with Crippen LogP contribution in [0.15, 0.2) is 64.9 Å². The number of aryl methyl sites for hydroxylation is 2. The summed E-state index contributed by atoms with van der Waals surface area (Å²) in [5.74, 6) is 0. The largest absolute Gasteiger partial charge is 0.358 e. The summed E-state index contributed by atoms with van der Waals surface area (Å²) in [5, 5.41) is 1.14. The Morgan fingerprint density at radius 2 is 1.80 bits per heavy atom. The van der Waals surface area contributed by atoms with Gasteiger partial charge >= 0.3 is 0 Å². The summed E-state index contributed by atoms with van der Waals surface area (Å²) in [7, 11) is 0. The molecule has 0 amide bonds. The molecule has 25 heavy (non-hydrogen) atoms. The number of nitrogens with zero attached hydrogens (tertiary/aromatic N) is 2. The Kier molecular flexibility index (Phi) is 3.65. The van der Waals surface area contributed by atoms with Gasteiger partial charge in [-0.25, -0.2) is 0 Å². The molecule has 0 saturated heterocycles. The monoisotopic (exact) mass is 327 g/mol. The van der Waals surface area contributed by atoms with E-state index < -0.39 is 0 Å². The van der Waals surface area contributed by atoms with E-state index in [1.54, 1.807) is 0 Å². The van der Waals surface area contributed by atoms with Crippen LogP contribution in [0.25, 0.3) is 16.5 Å². The van der Waals surface area contributed by atoms with E-state index in [2.05, 4.69) is 67.1 Å². The molecule has 3 heteroatoms. The first kappa shape index (κ1) is 15.6. The lowest BCUT2D eigenvalue weighted by atomic mass is 9.94. The van der Waals surface area contributed by atoms with Crippen LogP contribution < -0.4 is 0 Å². The number of H-pyrrole nitrogens is 1. The number of hydrogen-bond donors (Lipinski definition) is 1. The normalized spacial score (nSPS) is 16.2. The van der Waals surface area contributed by atoms with Gasteiger partial charge in [0.2, 0.25) is 0 Å². The van der Waals surface area contributed by atoms with Gasteiger partial charge in [-0.1, -0.05) is 24.3 Å². The summed E-state index contributed by atoms with van der Waals surface area (Å²) in [5.41, 5.74) is 10.00. The van der Waals surface area contributed by atoms with Crippen LogP contribution in [-0.2, 0) is 0 Å². The summed E-state index contributed by atoms with van der Waals surface area (Å²) >= 11 is 0. The van der Waals surface area contributed by atoms with Crippen molar-refractivity contribution in [3.8, 4) is 0 Å². The van der Waals surface area contributed by atoms with Gasteiger partial charge < -0.3 is 4.98 Å². The molecule has 0 aliphatic carbocycles. The van der Waals surface area contributed by atoms with Gasteiger partial charge in [0.05, 0.1) is 16.9 Å². The fourth-order valence-corrected chi connectivity index (χ4v) is 3.61. The number of allylic oxidation sites excluding steroid dienone is 2. The van der Waals surface area contributed by atoms with E-state index >= 15 is 0 Å². The van der Waals surface area contributed by atoms with Crippen LogP contribution in [0, 0.1) is 13.8 Å². The van der Waals surface area contributed by atoms with E-state index in [1.807, 2.05) is 19.2 Å². The Bertz CT molecular complexity index is 1070. The van der Waals surface area contributed by atoms with Crippen molar-refractivity contribution in [2.45, 2.75) is 27.7 Å². The smallest absolute Gasteiger partial charge is 0.0781 e. The van der Waals surface area contributed by atoms with E-state index in [4.69, 9.17) is 4.99 Å². The van der Waals surface area contributed by atoms with Crippen molar-refractivity contribution in [1.82, 2.24) is 9.97 Å². The summed E-state index contributed by atoms with van der Waals surface area (Å²) in [6.45, 7) is 8.40. The quantitative estimate of drug-likeness (QED) is 0.676. The molecule has 1 aliphatic rings. The number of aromatic nitrogens is 2. The van der Waals surface area contributed by atoms with Crippen LogP contribution >= 0.6 is 0 Å². The minimum absolute atomic E-state index is 1.01. The predicted octanol–water partition coefficient (Wildman–Crippen LogP) is 5.36. The van der Waals surface area contributed by atoms with Crippen LogP contribution in [0.1, 0.15) is 36.4 Å². The second-order valence-corrected chi connectivity index (χ2v) is 6.70. The predicted molar refractivity (Wildman–Crippen MR) is 105 cm³/mol. The minimum atomic E-state index is 1.01. The zero-order valence-corrected chi connectivity index (χ0v) is 15.0. The molecular weight excluding hydrogens is 306 g/mol. The molecule has 0 unspecified atom stereocenters. The Morgan fingerprint density at radius 1 is 1.00 bits per heavy atom. The van der Waals surface area contributed by atoms with Crippen molar-refractivity contribution in [1.29, 1.82) is 0 Å². The van der Waals surface area contributed by atoms with Gasteiger partial charge in [-0.2, -0.15) is 0 Å². The van der Waals surface area contributed by atoms with Gasteiger partial charge in [0, 0.05) is 34.1 Å². The molecule has 1 aromatic carbocycles. The van der Waals surface area contributed by atoms with Gasteiger partial charge in [-0.15, -0.1) is 0 Å². The topological polar surface area (TPSA) is 41.0 Å². The second-order valence-electron chi connectivity index (χ2n) is 6.70. The highest BCUT2D eigenvalue weighted by atomic mass is 14.8. The van der Waals surface area contributed by atoms with Gasteiger partial charge in [0.15, 0.2) is 0 Å². The first-order valence-corrected chi connectivity index (χ1v) is 8.53. The molecule has 2 aromatic heterocycles. The maximum atomic E-state index is 4.84. The maximum Gasteiger partial charge on any atom is 0.0781 e. The van der Waals surface area contributed by atoms with Crippen LogP contribution in [0.2, 0.25) is 0 Å². The Hall–Kier alpha value is -2.94. The molecule has 0 atom stereocenters. The highest BCUT2D eigenvalue weighted by Gasteiger charge is 2.21. The first-order valence-electron chi connectivity index (χ1n) is 8.53. The fraction of sp³-hybridized carbons (Fsp3) is 0.182. The molecule has 1 N–H and O–H groups in total. The number of pyridine rings is 1. The Balaban J connectivity index is 2.11. The number of nitrogens with one attached hydrogen (secondary N) is 1. The van der Waals surface area contributed by atoms with Crippen molar-refractivity contribution < 1.29 is 0 Å². The second kappa shape index (κ2) is 5.85. The summed E-state index contributed by atoms with van der Waals surface area (Å²) in [6.07, 6.45) is 3.99. The molecular formula is C22H21N3. The number of aromatic amines is 1. The summed E-state index contributed by atoms with van der Waals surface area (Å²) < 4.78 is 0. The maximum absolute atomic E-state index is 4.84. The molecule has 4 rings (SSSR count). The van der Waals surface area contributed by atoms with E-state index in [1.165, 1.54) is 11.1 Å². The highest BCUT2D eigenvalue weighted by molar-refractivity contribution is 6.03. The van der Waals surface area contributed by atoms with Crippen LogP contribution in [0.4, 0.5) is 0 Å². The SMILES string of the molecule is CC1=CC(C)=NC1=C(c1[nH]c(C)cc1C)c1cccc2cccnc12. The van der Waals surface area contributed by atoms with E-state index in [0.29, 0.717) is 0 Å². The van der Waals surface area contributed by atoms with Gasteiger partial charge in [-0.05, 0) is 57.0 Å². The van der Waals surface area contributed by atoms with Crippen LogP contribution in [0.5, 0.6) is 0 Å². The molecule has 0 saturated carbocycles. The Labute approximate surface area is 147 Å². The van der Waals surface area contributed by atoms with E-state index in [9.17, 15) is 0 Å². The molecule has 0 radical (unpaired) electrons. The number of fused-ring (bicyclic) bond motifs is 1. The zero-order chi connectivity index (χ0) is 17.6. The van der Waals surface area contributed by atoms with Gasteiger partial charge in [-0.3, -0.25) is 9.98 Å². The number of rotatable bonds is 2. The first-order chi connectivity index (χ1) is 12.0. The van der Waals surface area contributed by atoms with Crippen molar-refractivity contribution in [2.24, 2.45) is 4.99 Å². The van der Waals surface area contributed by atoms with Crippen molar-refractivity contribution >= 4 is 22.2 Å². The van der Waals surface area contributed by atoms with Crippen molar-refractivity contribution in [3.63, 3.8) is 0 Å². The lowest BCUT2D eigenvalue weighted by Gasteiger charge is -2.14. The standard InChI is InChI=1S/C22H21N3/c1-13-11-15(3)24-20(13)19(21-14(2)12-16(4)25-21)18-9-5-7-17-8-6-10-23-22(17)18/h5-12,24H,1-4H3.